The summed E-state index contributed by atoms with van der Waals surface area (Å²) in [4.78, 5) is 105. The topological polar surface area (TPSA) is 317 Å². The molecule has 0 rings (SSSR count). The Labute approximate surface area is 376 Å². The molecule has 0 aromatic heterocycles. The Bertz CT molecular complexity index is 750. The van der Waals surface area contributed by atoms with Crippen molar-refractivity contribution in [1.29, 1.82) is 0 Å². The van der Waals surface area contributed by atoms with E-state index in [9.17, 15) is 57.1 Å². The van der Waals surface area contributed by atoms with E-state index in [0.29, 0.717) is 9.80 Å². The second-order valence-electron chi connectivity index (χ2n) is 6.75. The molecular weight excluding hydrogens is 1050 g/mol. The van der Waals surface area contributed by atoms with E-state index in [1.807, 2.05) is 0 Å². The van der Waals surface area contributed by atoms with Crippen molar-refractivity contribution < 1.29 is 235 Å². The summed E-state index contributed by atoms with van der Waals surface area (Å²) in [5.41, 5.74) is 0. The van der Waals surface area contributed by atoms with Gasteiger partial charge in [-0.25, -0.2) is 0 Å². The van der Waals surface area contributed by atoms with Gasteiger partial charge in [0.05, 0.1) is 18.9 Å². The molecule has 3 atom stereocenters. The fraction of sp³-hybridized carbons (Fsp3) is 0.643. The molecule has 0 saturated carbocycles. The van der Waals surface area contributed by atoms with Gasteiger partial charge in [0.1, 0.15) is 22.8 Å². The Hall–Kier alpha value is 5.50. The van der Waals surface area contributed by atoms with Crippen LogP contribution in [0.2, 0.25) is 0 Å². The molecule has 0 aromatic carbocycles. The molecule has 3 N–H and O–H groups in total. The molecule has 0 bridgehead atoms. The molecule has 239 valence electrons. The molecule has 28 heteroatoms. The van der Waals surface area contributed by atoms with E-state index >= 15 is 0 Å². The van der Waals surface area contributed by atoms with Gasteiger partial charge < -0.3 is 71.8 Å². The van der Waals surface area contributed by atoms with E-state index < -0.39 is 95.6 Å². The van der Waals surface area contributed by atoms with Crippen molar-refractivity contribution in [3.63, 3.8) is 0 Å². The van der Waals surface area contributed by atoms with E-state index in [0.717, 1.165) is 4.90 Å². The number of nitrogens with zero attached hydrogens (tertiary/aromatic N) is 3. The number of rotatable bonds is 16. The van der Waals surface area contributed by atoms with Gasteiger partial charge in [0.25, 0.3) is 0 Å². The minimum absolute atomic E-state index is 0. The minimum Gasteiger partial charge on any atom is -0.810 e. The third-order valence-corrected chi connectivity index (χ3v) is 7.11. The summed E-state index contributed by atoms with van der Waals surface area (Å²) in [5, 5.41) is 0. The largest absolute Gasteiger partial charge is 0.810 e. The van der Waals surface area contributed by atoms with Crippen LogP contribution in [0.25, 0.3) is 0 Å². The maximum absolute atomic E-state index is 11.2. The first-order valence-electron chi connectivity index (χ1n) is 8.22. The Kier molecular flexibility index (Phi) is 61.7. The summed E-state index contributed by atoms with van der Waals surface area (Å²) in [6.07, 6.45) is -6.49. The molecule has 0 amide bonds. The van der Waals surface area contributed by atoms with Crippen molar-refractivity contribution in [2.75, 3.05) is 57.6 Å². The van der Waals surface area contributed by atoms with Crippen LogP contribution in [0.1, 0.15) is 0 Å². The van der Waals surface area contributed by atoms with E-state index in [1.165, 1.54) is 0 Å². The van der Waals surface area contributed by atoms with Gasteiger partial charge in [0, 0.05) is 239 Å². The molecule has 42 heavy (non-hydrogen) atoms. The molecule has 0 saturated heterocycles. The minimum atomic E-state index is -5.32. The van der Waals surface area contributed by atoms with Crippen LogP contribution in [-0.2, 0) is 186 Å². The van der Waals surface area contributed by atoms with Gasteiger partial charge in [0.2, 0.25) is 0 Å². The number of hydrogen-bond donors (Lipinski definition) is 3. The quantitative estimate of drug-likeness (QED) is 0.0967. The molecule has 0 aromatic rings. The molecule has 0 heterocycles. The van der Waals surface area contributed by atoms with Gasteiger partial charge in [0.15, 0.2) is 0 Å². The van der Waals surface area contributed by atoms with Crippen LogP contribution in [0.4, 0.5) is 0 Å². The predicted molar refractivity (Wildman–Crippen MR) is 126 cm³/mol. The molecule has 0 aliphatic rings. The molecule has 3 unspecified atom stereocenters. The molecule has 5 radical (unpaired) electrons. The van der Waals surface area contributed by atoms with Crippen molar-refractivity contribution in [3.05, 3.63) is 37.1 Å². The van der Waals surface area contributed by atoms with E-state index in [-0.39, 0.29) is 201 Å². The maximum atomic E-state index is 11.2. The maximum Gasteiger partial charge on any atom is 0.146 e. The van der Waals surface area contributed by atoms with Crippen LogP contribution in [0.5, 0.6) is 0 Å². The molecular formula is C14H36N3O15P5Y5-2. The monoisotopic (exact) mass is 1090 g/mol. The van der Waals surface area contributed by atoms with Crippen molar-refractivity contribution in [2.45, 2.75) is 0 Å². The summed E-state index contributed by atoms with van der Waals surface area (Å²) in [6, 6.07) is 0. The van der Waals surface area contributed by atoms with Crippen molar-refractivity contribution in [1.82, 2.24) is 14.7 Å². The van der Waals surface area contributed by atoms with Crippen LogP contribution in [-0.4, -0.2) is 87.0 Å². The Morgan fingerprint density at radius 1 is 0.381 bits per heavy atom. The number of hydrogen-bond acceptors (Lipinski definition) is 15. The van der Waals surface area contributed by atoms with Crippen LogP contribution < -0.4 is 34.3 Å². The third kappa shape index (κ3) is 54.9. The summed E-state index contributed by atoms with van der Waals surface area (Å²) in [6.45, 7) is -2.49. The fourth-order valence-corrected chi connectivity index (χ4v) is 6.50. The summed E-state index contributed by atoms with van der Waals surface area (Å²) in [5.74, 6) is 0. The standard InChI is InChI=1S/C9H28N3O15P5.5CH3.5Y/c13-28(14,15)5-10(1-3-11(6-29(16,17)18)7-30(19,20)21)2-4-12(8-31(22,23)24)9-32(25,26)27;;;;;;;;;;/h1-9H2,(H2,13,14,15)(H2,16,17,18)(H2,19,20,21)(H2,22,23,24)(H2,25,26,27);5*1H3;;;;;/q;5*+1;;;;;/p-7. The molecule has 0 aliphatic heterocycles. The zero-order valence-electron chi connectivity index (χ0n) is 24.1. The van der Waals surface area contributed by atoms with Crippen LogP contribution in [0.3, 0.4) is 0 Å². The van der Waals surface area contributed by atoms with Crippen molar-refractivity contribution in [3.8, 4) is 0 Å². The summed E-state index contributed by atoms with van der Waals surface area (Å²) >= 11 is 0. The van der Waals surface area contributed by atoms with Gasteiger partial charge in [-0.15, -0.1) is 0 Å². The van der Waals surface area contributed by atoms with E-state index in [2.05, 4.69) is 0 Å². The van der Waals surface area contributed by atoms with Gasteiger partial charge in [-0.2, -0.15) is 0 Å². The first-order valence-corrected chi connectivity index (χ1v) is 17.0. The van der Waals surface area contributed by atoms with Gasteiger partial charge >= 0.3 is 0 Å². The van der Waals surface area contributed by atoms with Gasteiger partial charge in [-0.1, -0.05) is 15.2 Å². The van der Waals surface area contributed by atoms with Crippen LogP contribution >= 0.6 is 38.0 Å². The van der Waals surface area contributed by atoms with Crippen LogP contribution in [0, 0.1) is 37.1 Å². The van der Waals surface area contributed by atoms with Gasteiger partial charge in [-0.3, -0.25) is 14.7 Å². The Morgan fingerprint density at radius 3 is 0.714 bits per heavy atom. The van der Waals surface area contributed by atoms with Crippen molar-refractivity contribution in [2.24, 2.45) is 0 Å². The van der Waals surface area contributed by atoms with Gasteiger partial charge in [-0.05, 0) is 0 Å². The molecule has 0 spiro atoms. The SMILES string of the molecule is O=P([O-])([O-])CN(CCN(CCN(CP(=O)([O-])[O-])CP(=O)([O-])O)CP(=O)([O-])O)CP(=O)([O-])O.[CH3+].[CH3+].[CH3+].[CH3+].[CH3+].[Y].[Y].[Y].[Y].[Y]. The Balaban J connectivity index is -0.000000107. The zero-order chi connectivity index (χ0) is 25.6. The summed E-state index contributed by atoms with van der Waals surface area (Å²) < 4.78 is 55.1. The average molecular weight is 1090 g/mol. The molecule has 0 fully saturated rings. The second kappa shape index (κ2) is 33.6. The van der Waals surface area contributed by atoms with Crippen molar-refractivity contribution >= 4 is 38.0 Å². The first-order chi connectivity index (χ1) is 13.9. The Morgan fingerprint density at radius 2 is 0.548 bits per heavy atom. The zero-order valence-corrected chi connectivity index (χ0v) is 42.7. The smallest absolute Gasteiger partial charge is 0.146 e. The summed E-state index contributed by atoms with van der Waals surface area (Å²) in [7, 11) is -25.9. The van der Waals surface area contributed by atoms with E-state index in [4.69, 9.17) is 14.7 Å². The van der Waals surface area contributed by atoms with E-state index in [1.54, 1.807) is 0 Å². The average Bonchev–Trinajstić information content (AvgIpc) is 2.41. The fourth-order valence-electron chi connectivity index (χ4n) is 2.44. The third-order valence-electron chi connectivity index (χ3n) is 3.35. The normalized spacial score (nSPS) is 14.6. The molecule has 18 nitrogen and oxygen atoms in total. The first kappa shape index (κ1) is 77.1. The molecule has 0 aliphatic carbocycles. The van der Waals surface area contributed by atoms with Crippen LogP contribution in [0.15, 0.2) is 0 Å². The second-order valence-corrected chi connectivity index (χ2v) is 14.4. The predicted octanol–water partition coefficient (Wildman–Crippen LogP) is -4.62.